The Hall–Kier alpha value is -1.75. The Balaban J connectivity index is 2.36. The van der Waals surface area contributed by atoms with Crippen LogP contribution in [-0.2, 0) is 6.42 Å². The van der Waals surface area contributed by atoms with Crippen molar-refractivity contribution in [1.82, 2.24) is 20.2 Å². The Morgan fingerprint density at radius 2 is 2.00 bits per heavy atom. The van der Waals surface area contributed by atoms with Gasteiger partial charge in [-0.15, -0.1) is 5.10 Å². The first-order valence-electron chi connectivity index (χ1n) is 4.85. The number of tetrazole rings is 1. The van der Waals surface area contributed by atoms with Crippen molar-refractivity contribution in [2.75, 3.05) is 6.54 Å². The molecule has 2 N–H and O–H groups in total. The maximum atomic E-state index is 5.48. The molecule has 0 saturated carbocycles. The second-order valence-electron chi connectivity index (χ2n) is 3.38. The van der Waals surface area contributed by atoms with Gasteiger partial charge in [0.05, 0.1) is 5.69 Å². The third kappa shape index (κ3) is 2.02. The van der Waals surface area contributed by atoms with Crippen molar-refractivity contribution < 1.29 is 0 Å². The zero-order chi connectivity index (χ0) is 10.7. The van der Waals surface area contributed by atoms with Crippen molar-refractivity contribution in [2.45, 2.75) is 13.3 Å². The molecule has 0 radical (unpaired) electrons. The molecule has 78 valence electrons. The first-order valence-corrected chi connectivity index (χ1v) is 4.85. The minimum Gasteiger partial charge on any atom is -0.330 e. The predicted octanol–water partition coefficient (Wildman–Crippen LogP) is 0.472. The summed E-state index contributed by atoms with van der Waals surface area (Å²) < 4.78 is 1.71. The van der Waals surface area contributed by atoms with Gasteiger partial charge >= 0.3 is 0 Å². The van der Waals surface area contributed by atoms with Crippen LogP contribution in [0.2, 0.25) is 0 Å². The van der Waals surface area contributed by atoms with Gasteiger partial charge in [0.1, 0.15) is 0 Å². The molecule has 5 heteroatoms. The molecule has 0 aliphatic carbocycles. The van der Waals surface area contributed by atoms with E-state index in [9.17, 15) is 0 Å². The van der Waals surface area contributed by atoms with Gasteiger partial charge in [-0.1, -0.05) is 17.7 Å². The molecule has 0 aliphatic heterocycles. The van der Waals surface area contributed by atoms with Gasteiger partial charge in [0, 0.05) is 6.42 Å². The highest BCUT2D eigenvalue weighted by Crippen LogP contribution is 2.09. The van der Waals surface area contributed by atoms with E-state index < -0.39 is 0 Å². The quantitative estimate of drug-likeness (QED) is 0.787. The van der Waals surface area contributed by atoms with E-state index >= 15 is 0 Å². The fourth-order valence-corrected chi connectivity index (χ4v) is 1.38. The molecule has 0 saturated heterocycles. The van der Waals surface area contributed by atoms with Crippen LogP contribution in [0.4, 0.5) is 0 Å². The lowest BCUT2D eigenvalue weighted by Crippen LogP contribution is -2.09. The standard InChI is InChI=1S/C10H13N5/c1-8-2-4-9(5-3-8)15-10(6-7-11)12-13-14-15/h2-5H,6-7,11H2,1H3. The smallest absolute Gasteiger partial charge is 0.157 e. The topological polar surface area (TPSA) is 69.6 Å². The average Bonchev–Trinajstić information content (AvgIpc) is 2.68. The molecule has 1 aromatic carbocycles. The summed E-state index contributed by atoms with van der Waals surface area (Å²) in [5.41, 5.74) is 7.66. The van der Waals surface area contributed by atoms with Crippen molar-refractivity contribution in [1.29, 1.82) is 0 Å². The van der Waals surface area contributed by atoms with Gasteiger partial charge in [-0.3, -0.25) is 0 Å². The summed E-state index contributed by atoms with van der Waals surface area (Å²) in [5, 5.41) is 11.5. The van der Waals surface area contributed by atoms with Crippen molar-refractivity contribution in [3.8, 4) is 5.69 Å². The summed E-state index contributed by atoms with van der Waals surface area (Å²) in [6.07, 6.45) is 0.681. The van der Waals surface area contributed by atoms with Crippen molar-refractivity contribution in [3.63, 3.8) is 0 Å². The van der Waals surface area contributed by atoms with Crippen LogP contribution in [0.5, 0.6) is 0 Å². The molecule has 2 aromatic rings. The van der Waals surface area contributed by atoms with Crippen LogP contribution in [0.1, 0.15) is 11.4 Å². The highest BCUT2D eigenvalue weighted by molar-refractivity contribution is 5.33. The Labute approximate surface area is 87.9 Å². The Morgan fingerprint density at radius 3 is 2.67 bits per heavy atom. The number of nitrogens with two attached hydrogens (primary N) is 1. The van der Waals surface area contributed by atoms with E-state index in [-0.39, 0.29) is 0 Å². The molecule has 0 fully saturated rings. The fourth-order valence-electron chi connectivity index (χ4n) is 1.38. The number of aromatic nitrogens is 4. The van der Waals surface area contributed by atoms with Gasteiger partial charge in [-0.25, -0.2) is 0 Å². The molecule has 5 nitrogen and oxygen atoms in total. The lowest BCUT2D eigenvalue weighted by Gasteiger charge is -2.03. The largest absolute Gasteiger partial charge is 0.330 e. The van der Waals surface area contributed by atoms with Crippen LogP contribution < -0.4 is 5.73 Å². The van der Waals surface area contributed by atoms with Crippen LogP contribution in [0.3, 0.4) is 0 Å². The SMILES string of the molecule is Cc1ccc(-n2nnnc2CCN)cc1. The maximum absolute atomic E-state index is 5.48. The summed E-state index contributed by atoms with van der Waals surface area (Å²) in [5.74, 6) is 0.793. The summed E-state index contributed by atoms with van der Waals surface area (Å²) in [4.78, 5) is 0. The van der Waals surface area contributed by atoms with Crippen molar-refractivity contribution >= 4 is 0 Å². The van der Waals surface area contributed by atoms with Crippen LogP contribution in [0.15, 0.2) is 24.3 Å². The van der Waals surface area contributed by atoms with Crippen LogP contribution in [0, 0.1) is 6.92 Å². The Bertz CT molecular complexity index is 431. The molecule has 0 amide bonds. The molecule has 0 spiro atoms. The summed E-state index contributed by atoms with van der Waals surface area (Å²) in [6, 6.07) is 8.05. The van der Waals surface area contributed by atoms with Crippen LogP contribution in [0.25, 0.3) is 5.69 Å². The molecule has 2 rings (SSSR count). The van der Waals surface area contributed by atoms with E-state index in [0.717, 1.165) is 11.5 Å². The number of rotatable bonds is 3. The minimum absolute atomic E-state index is 0.548. The number of hydrogen-bond donors (Lipinski definition) is 1. The van der Waals surface area contributed by atoms with E-state index in [2.05, 4.69) is 15.5 Å². The van der Waals surface area contributed by atoms with Gasteiger partial charge in [0.15, 0.2) is 5.82 Å². The average molecular weight is 203 g/mol. The molecule has 0 aliphatic rings. The molecule has 0 atom stereocenters. The normalized spacial score (nSPS) is 10.5. The van der Waals surface area contributed by atoms with Gasteiger partial charge < -0.3 is 5.73 Å². The predicted molar refractivity (Wildman–Crippen MR) is 56.6 cm³/mol. The second-order valence-corrected chi connectivity index (χ2v) is 3.38. The fraction of sp³-hybridized carbons (Fsp3) is 0.300. The third-order valence-corrected chi connectivity index (χ3v) is 2.18. The number of aryl methyl sites for hydroxylation is 1. The lowest BCUT2D eigenvalue weighted by atomic mass is 10.2. The zero-order valence-corrected chi connectivity index (χ0v) is 8.59. The van der Waals surface area contributed by atoms with E-state index in [0.29, 0.717) is 13.0 Å². The molecule has 0 unspecified atom stereocenters. The van der Waals surface area contributed by atoms with Crippen LogP contribution in [-0.4, -0.2) is 26.8 Å². The Morgan fingerprint density at radius 1 is 1.27 bits per heavy atom. The first kappa shape index (κ1) is 9.79. The molecule has 0 bridgehead atoms. The lowest BCUT2D eigenvalue weighted by molar-refractivity contribution is 0.755. The van der Waals surface area contributed by atoms with Gasteiger partial charge in [0.2, 0.25) is 0 Å². The Kier molecular flexibility index (Phi) is 2.73. The molecular formula is C10H13N5. The first-order chi connectivity index (χ1) is 7.31. The number of nitrogens with zero attached hydrogens (tertiary/aromatic N) is 4. The summed E-state index contributed by atoms with van der Waals surface area (Å²) in [6.45, 7) is 2.59. The summed E-state index contributed by atoms with van der Waals surface area (Å²) >= 11 is 0. The molecular weight excluding hydrogens is 190 g/mol. The van der Waals surface area contributed by atoms with E-state index in [1.165, 1.54) is 5.56 Å². The summed E-state index contributed by atoms with van der Waals surface area (Å²) in [7, 11) is 0. The van der Waals surface area contributed by atoms with Gasteiger partial charge in [0.25, 0.3) is 0 Å². The number of hydrogen-bond acceptors (Lipinski definition) is 4. The van der Waals surface area contributed by atoms with Gasteiger partial charge in [-0.2, -0.15) is 4.68 Å². The third-order valence-electron chi connectivity index (χ3n) is 2.18. The second kappa shape index (κ2) is 4.18. The van der Waals surface area contributed by atoms with Crippen LogP contribution >= 0.6 is 0 Å². The van der Waals surface area contributed by atoms with E-state index in [4.69, 9.17) is 5.73 Å². The molecule has 15 heavy (non-hydrogen) atoms. The maximum Gasteiger partial charge on any atom is 0.157 e. The highest BCUT2D eigenvalue weighted by Gasteiger charge is 2.06. The van der Waals surface area contributed by atoms with E-state index in [1.54, 1.807) is 4.68 Å². The monoisotopic (exact) mass is 203 g/mol. The van der Waals surface area contributed by atoms with Crippen molar-refractivity contribution in [3.05, 3.63) is 35.7 Å². The highest BCUT2D eigenvalue weighted by atomic mass is 15.5. The molecule has 1 aromatic heterocycles. The zero-order valence-electron chi connectivity index (χ0n) is 8.59. The minimum atomic E-state index is 0.548. The number of benzene rings is 1. The molecule has 1 heterocycles. The van der Waals surface area contributed by atoms with E-state index in [1.807, 2.05) is 31.2 Å². The van der Waals surface area contributed by atoms with Crippen molar-refractivity contribution in [2.24, 2.45) is 5.73 Å². The van der Waals surface area contributed by atoms with Gasteiger partial charge in [-0.05, 0) is 36.0 Å².